The van der Waals surface area contributed by atoms with Crippen molar-refractivity contribution in [1.82, 2.24) is 10.2 Å². The number of fused-ring (bicyclic) bond motifs is 1. The molecule has 0 fully saturated rings. The summed E-state index contributed by atoms with van der Waals surface area (Å²) in [6.07, 6.45) is 1.62. The zero-order chi connectivity index (χ0) is 17.3. The molecule has 0 spiro atoms. The molecule has 1 N–H and O–H groups in total. The molecule has 0 aliphatic rings. The molecule has 5 nitrogen and oxygen atoms in total. The molecule has 0 aliphatic heterocycles. The molecule has 0 saturated carbocycles. The first-order chi connectivity index (χ1) is 11.5. The molecule has 2 heterocycles. The number of nitrogens with one attached hydrogen (secondary N) is 1. The average molecular weight is 347 g/mol. The van der Waals surface area contributed by atoms with Crippen molar-refractivity contribution in [2.45, 2.75) is 13.0 Å². The Kier molecular flexibility index (Phi) is 4.64. The maximum absolute atomic E-state index is 12.5. The summed E-state index contributed by atoms with van der Waals surface area (Å²) in [6.45, 7) is 2.26. The van der Waals surface area contributed by atoms with Crippen LogP contribution in [0.2, 0.25) is 5.02 Å². The summed E-state index contributed by atoms with van der Waals surface area (Å²) in [5, 5.41) is 4.26. The Morgan fingerprint density at radius 1 is 1.29 bits per heavy atom. The van der Waals surface area contributed by atoms with E-state index in [1.807, 2.05) is 50.2 Å². The number of likely N-dealkylation sites (N-methyl/N-ethyl adjacent to an activating group) is 1. The summed E-state index contributed by atoms with van der Waals surface area (Å²) in [4.78, 5) is 14.5. The van der Waals surface area contributed by atoms with Crippen molar-refractivity contribution < 1.29 is 13.6 Å². The van der Waals surface area contributed by atoms with Crippen molar-refractivity contribution in [3.05, 3.63) is 58.7 Å². The molecule has 3 aromatic rings. The lowest BCUT2D eigenvalue weighted by Gasteiger charge is -2.22. The molecular formula is C18H19ClN2O3. The summed E-state index contributed by atoms with van der Waals surface area (Å²) < 4.78 is 11.1. The smallest absolute Gasteiger partial charge is 0.287 e. The number of para-hydroxylation sites is 1. The molecular weight excluding hydrogens is 328 g/mol. The predicted octanol–water partition coefficient (Wildman–Crippen LogP) is 4.02. The monoisotopic (exact) mass is 346 g/mol. The number of carbonyl (C=O) groups excluding carboxylic acids is 1. The highest BCUT2D eigenvalue weighted by Gasteiger charge is 2.22. The van der Waals surface area contributed by atoms with Crippen molar-refractivity contribution in [3.8, 4) is 0 Å². The lowest BCUT2D eigenvalue weighted by Crippen LogP contribution is -2.34. The minimum Gasteiger partial charge on any atom is -0.468 e. The number of rotatable bonds is 5. The van der Waals surface area contributed by atoms with Crippen LogP contribution in [0.25, 0.3) is 11.0 Å². The average Bonchev–Trinajstić information content (AvgIpc) is 3.17. The van der Waals surface area contributed by atoms with E-state index in [0.29, 0.717) is 17.2 Å². The highest BCUT2D eigenvalue weighted by atomic mass is 35.5. The Balaban J connectivity index is 1.80. The maximum atomic E-state index is 12.5. The molecule has 0 unspecified atom stereocenters. The van der Waals surface area contributed by atoms with Crippen molar-refractivity contribution in [3.63, 3.8) is 0 Å². The molecule has 2 aromatic heterocycles. The normalized spacial score (nSPS) is 12.7. The third-order valence-corrected chi connectivity index (χ3v) is 4.37. The van der Waals surface area contributed by atoms with E-state index in [2.05, 4.69) is 5.32 Å². The Morgan fingerprint density at radius 3 is 2.71 bits per heavy atom. The highest BCUT2D eigenvalue weighted by molar-refractivity contribution is 6.35. The quantitative estimate of drug-likeness (QED) is 0.758. The first kappa shape index (κ1) is 16.6. The second-order valence-electron chi connectivity index (χ2n) is 5.88. The van der Waals surface area contributed by atoms with Gasteiger partial charge in [0.15, 0.2) is 11.3 Å². The molecule has 1 atom stereocenters. The van der Waals surface area contributed by atoms with E-state index in [9.17, 15) is 4.79 Å². The van der Waals surface area contributed by atoms with Gasteiger partial charge >= 0.3 is 0 Å². The maximum Gasteiger partial charge on any atom is 0.287 e. The zero-order valence-corrected chi connectivity index (χ0v) is 14.6. The number of hydrogen-bond donors (Lipinski definition) is 1. The van der Waals surface area contributed by atoms with Gasteiger partial charge in [0.05, 0.1) is 17.3 Å². The minimum absolute atomic E-state index is 0.0581. The van der Waals surface area contributed by atoms with E-state index in [-0.39, 0.29) is 17.7 Å². The Hall–Kier alpha value is -2.24. The third kappa shape index (κ3) is 3.05. The molecule has 0 radical (unpaired) electrons. The Labute approximate surface area is 145 Å². The lowest BCUT2D eigenvalue weighted by molar-refractivity contribution is 0.0912. The van der Waals surface area contributed by atoms with Crippen LogP contribution < -0.4 is 5.32 Å². The molecule has 24 heavy (non-hydrogen) atoms. The number of carbonyl (C=O) groups is 1. The first-order valence-electron chi connectivity index (χ1n) is 7.64. The van der Waals surface area contributed by atoms with Gasteiger partial charge in [-0.25, -0.2) is 0 Å². The Bertz CT molecular complexity index is 853. The number of benzene rings is 1. The predicted molar refractivity (Wildman–Crippen MR) is 93.4 cm³/mol. The van der Waals surface area contributed by atoms with Gasteiger partial charge in [0.2, 0.25) is 0 Å². The highest BCUT2D eigenvalue weighted by Crippen LogP contribution is 2.30. The van der Waals surface area contributed by atoms with Crippen LogP contribution in [0.3, 0.4) is 0 Å². The molecule has 3 rings (SSSR count). The molecule has 0 bridgehead atoms. The van der Waals surface area contributed by atoms with Gasteiger partial charge in [-0.05, 0) is 39.2 Å². The number of halogens is 1. The van der Waals surface area contributed by atoms with Crippen LogP contribution in [0.5, 0.6) is 0 Å². The molecule has 6 heteroatoms. The van der Waals surface area contributed by atoms with Gasteiger partial charge in [0.25, 0.3) is 5.91 Å². The lowest BCUT2D eigenvalue weighted by atomic mass is 10.1. The number of hydrogen-bond acceptors (Lipinski definition) is 4. The van der Waals surface area contributed by atoms with Crippen LogP contribution in [0.1, 0.15) is 27.9 Å². The molecule has 0 aliphatic carbocycles. The van der Waals surface area contributed by atoms with Crippen LogP contribution in [0.15, 0.2) is 45.4 Å². The minimum atomic E-state index is -0.266. The van der Waals surface area contributed by atoms with E-state index in [4.69, 9.17) is 20.4 Å². The van der Waals surface area contributed by atoms with Gasteiger partial charge in [0, 0.05) is 17.5 Å². The van der Waals surface area contributed by atoms with Crippen LogP contribution >= 0.6 is 11.6 Å². The summed E-state index contributed by atoms with van der Waals surface area (Å²) in [6, 6.07) is 9.14. The summed E-state index contributed by atoms with van der Waals surface area (Å²) in [7, 11) is 3.87. The fourth-order valence-electron chi connectivity index (χ4n) is 2.71. The standard InChI is InChI=1S/C18H19ClN2O3/c1-11-12-6-4-7-13(19)17(12)24-16(11)18(22)20-10-14(21(2)3)15-8-5-9-23-15/h4-9,14H,10H2,1-3H3,(H,20,22)/t14-/m1/s1. The van der Waals surface area contributed by atoms with Gasteiger partial charge in [-0.2, -0.15) is 0 Å². The number of furan rings is 2. The van der Waals surface area contributed by atoms with Crippen molar-refractivity contribution >= 4 is 28.5 Å². The topological polar surface area (TPSA) is 58.6 Å². The fraction of sp³-hybridized carbons (Fsp3) is 0.278. The van der Waals surface area contributed by atoms with Gasteiger partial charge in [-0.15, -0.1) is 0 Å². The summed E-state index contributed by atoms with van der Waals surface area (Å²) >= 11 is 6.14. The van der Waals surface area contributed by atoms with Crippen molar-refractivity contribution in [1.29, 1.82) is 0 Å². The van der Waals surface area contributed by atoms with Crippen molar-refractivity contribution in [2.75, 3.05) is 20.6 Å². The zero-order valence-electron chi connectivity index (χ0n) is 13.8. The van der Waals surface area contributed by atoms with E-state index in [0.717, 1.165) is 16.7 Å². The molecule has 126 valence electrons. The Morgan fingerprint density at radius 2 is 2.08 bits per heavy atom. The van der Waals surface area contributed by atoms with Crippen LogP contribution in [-0.4, -0.2) is 31.4 Å². The van der Waals surface area contributed by atoms with E-state index >= 15 is 0 Å². The van der Waals surface area contributed by atoms with Crippen LogP contribution in [-0.2, 0) is 0 Å². The SMILES string of the molecule is Cc1c(C(=O)NC[C@H](c2ccco2)N(C)C)oc2c(Cl)cccc12. The van der Waals surface area contributed by atoms with Crippen LogP contribution in [0.4, 0.5) is 0 Å². The third-order valence-electron chi connectivity index (χ3n) is 4.07. The van der Waals surface area contributed by atoms with Gasteiger partial charge < -0.3 is 14.2 Å². The van der Waals surface area contributed by atoms with Gasteiger partial charge in [0.1, 0.15) is 5.76 Å². The number of nitrogens with zero attached hydrogens (tertiary/aromatic N) is 1. The molecule has 1 amide bonds. The van der Waals surface area contributed by atoms with Gasteiger partial charge in [-0.3, -0.25) is 9.69 Å². The second-order valence-corrected chi connectivity index (χ2v) is 6.28. The van der Waals surface area contributed by atoms with Crippen molar-refractivity contribution in [2.24, 2.45) is 0 Å². The summed E-state index contributed by atoms with van der Waals surface area (Å²) in [5.74, 6) is 0.817. The van der Waals surface area contributed by atoms with Gasteiger partial charge in [-0.1, -0.05) is 23.7 Å². The number of amides is 1. The van der Waals surface area contributed by atoms with E-state index in [1.54, 1.807) is 12.3 Å². The van der Waals surface area contributed by atoms with E-state index < -0.39 is 0 Å². The molecule has 1 aromatic carbocycles. The fourth-order valence-corrected chi connectivity index (χ4v) is 2.93. The summed E-state index contributed by atoms with van der Waals surface area (Å²) in [5.41, 5.74) is 1.32. The number of aryl methyl sites for hydroxylation is 1. The van der Waals surface area contributed by atoms with Crippen LogP contribution in [0, 0.1) is 6.92 Å². The second kappa shape index (κ2) is 6.71. The largest absolute Gasteiger partial charge is 0.468 e. The molecule has 0 saturated heterocycles. The first-order valence-corrected chi connectivity index (χ1v) is 8.02. The van der Waals surface area contributed by atoms with E-state index in [1.165, 1.54) is 0 Å².